The van der Waals surface area contributed by atoms with Crippen molar-refractivity contribution < 1.29 is 36.4 Å². The van der Waals surface area contributed by atoms with E-state index in [4.69, 9.17) is 9.26 Å². The predicted molar refractivity (Wildman–Crippen MR) is 161 cm³/mol. The van der Waals surface area contributed by atoms with Crippen LogP contribution in [0.3, 0.4) is 0 Å². The fourth-order valence-corrected chi connectivity index (χ4v) is 5.96. The highest BCUT2D eigenvalue weighted by Gasteiger charge is 2.38. The Labute approximate surface area is 265 Å². The lowest BCUT2D eigenvalue weighted by atomic mass is 10.1. The Kier molecular flexibility index (Phi) is 8.74. The van der Waals surface area contributed by atoms with Crippen LogP contribution in [0.4, 0.5) is 28.2 Å². The summed E-state index contributed by atoms with van der Waals surface area (Å²) in [7, 11) is 0. The average molecular weight is 667 g/mol. The smallest absolute Gasteiger partial charge is 0.410 e. The van der Waals surface area contributed by atoms with Crippen molar-refractivity contribution in [2.75, 3.05) is 18.4 Å². The minimum absolute atomic E-state index is 0.0214. The molecule has 4 aromatic rings. The topological polar surface area (TPSA) is 140 Å². The monoisotopic (exact) mass is 666 g/mol. The number of rotatable bonds is 7. The van der Waals surface area contributed by atoms with E-state index in [2.05, 4.69) is 30.9 Å². The highest BCUT2D eigenvalue weighted by atomic mass is 32.1. The van der Waals surface area contributed by atoms with Gasteiger partial charge in [-0.25, -0.2) is 14.2 Å². The zero-order valence-corrected chi connectivity index (χ0v) is 26.8. The van der Waals surface area contributed by atoms with Crippen molar-refractivity contribution in [1.29, 1.82) is 0 Å². The molecule has 1 aliphatic rings. The number of likely N-dealkylation sites (tertiary alicyclic amines) is 1. The van der Waals surface area contributed by atoms with Gasteiger partial charge in [-0.2, -0.15) is 23.3 Å². The van der Waals surface area contributed by atoms with Gasteiger partial charge in [0.05, 0.1) is 52.4 Å². The van der Waals surface area contributed by atoms with E-state index in [1.54, 1.807) is 31.6 Å². The fourth-order valence-electron chi connectivity index (χ4n) is 4.77. The number of thiophene rings is 1. The Bertz CT molecular complexity index is 1740. The molecule has 0 aliphatic carbocycles. The number of nitrogens with one attached hydrogen (secondary N) is 2. The number of alkyl halides is 4. The van der Waals surface area contributed by atoms with Gasteiger partial charge in [-0.15, -0.1) is 11.3 Å². The number of fused-ring (bicyclic) bond motifs is 1. The molecule has 2 N–H and O–H groups in total. The summed E-state index contributed by atoms with van der Waals surface area (Å²) in [5.41, 5.74) is -0.872. The van der Waals surface area contributed by atoms with Crippen LogP contribution in [-0.2, 0) is 23.2 Å². The van der Waals surface area contributed by atoms with E-state index in [1.807, 2.05) is 20.8 Å². The lowest BCUT2D eigenvalue weighted by molar-refractivity contribution is -0.126. The van der Waals surface area contributed by atoms with Gasteiger partial charge in [-0.1, -0.05) is 5.16 Å². The second-order valence-corrected chi connectivity index (χ2v) is 13.9. The second kappa shape index (κ2) is 12.1. The largest absolute Gasteiger partial charge is 0.444 e. The van der Waals surface area contributed by atoms with Crippen LogP contribution >= 0.6 is 11.3 Å². The summed E-state index contributed by atoms with van der Waals surface area (Å²) in [6.45, 7) is 10.5. The Balaban J connectivity index is 1.37. The molecule has 0 bridgehead atoms. The first-order valence-electron chi connectivity index (χ1n) is 14.4. The zero-order valence-electron chi connectivity index (χ0n) is 26.0. The molecule has 0 aromatic carbocycles. The molecule has 5 heterocycles. The molecule has 0 spiro atoms. The number of carbonyl (C=O) groups is 2. The molecular formula is C29H34F4N8O4S. The Hall–Kier alpha value is -4.28. The molecule has 12 nitrogen and oxygen atoms in total. The molecule has 0 saturated carbocycles. The lowest BCUT2D eigenvalue weighted by Gasteiger charge is -2.24. The standard InChI is InChI=1S/C29H34F4N8O4S/c1-27(2,3)41-12-15(10-36-41)25(42)35-11-20-38-24(39-45-20)22-17(9-29(31,32)33)16-7-8-34-23(21(16)46-22)37-19-14-40(13-18(19)30)26(43)44-28(4,5)6/h7-8,10,12,18-19H,9,11,13-14H2,1-6H3,(H,34,37)(H,35,42)/t18-,19+/m0/s1. The third-order valence-electron chi connectivity index (χ3n) is 6.91. The fraction of sp³-hybridized carbons (Fsp3) is 0.517. The molecule has 1 aliphatic heterocycles. The van der Waals surface area contributed by atoms with Gasteiger partial charge in [0, 0.05) is 24.3 Å². The molecule has 17 heteroatoms. The van der Waals surface area contributed by atoms with Crippen LogP contribution in [0.5, 0.6) is 0 Å². The van der Waals surface area contributed by atoms with Gasteiger partial charge >= 0.3 is 12.3 Å². The van der Waals surface area contributed by atoms with Crippen LogP contribution in [0.25, 0.3) is 20.8 Å². The molecule has 2 amide bonds. The molecule has 5 rings (SSSR count). The van der Waals surface area contributed by atoms with Crippen molar-refractivity contribution in [3.63, 3.8) is 0 Å². The predicted octanol–water partition coefficient (Wildman–Crippen LogP) is 5.70. The molecule has 1 fully saturated rings. The maximum Gasteiger partial charge on any atom is 0.410 e. The van der Waals surface area contributed by atoms with Crippen LogP contribution in [0.15, 0.2) is 29.2 Å². The Morgan fingerprint density at radius 3 is 2.54 bits per heavy atom. The van der Waals surface area contributed by atoms with Crippen molar-refractivity contribution in [2.24, 2.45) is 0 Å². The lowest BCUT2D eigenvalue weighted by Crippen LogP contribution is -2.36. The number of anilines is 1. The summed E-state index contributed by atoms with van der Waals surface area (Å²) in [5, 5.41) is 13.9. The Morgan fingerprint density at radius 2 is 1.89 bits per heavy atom. The van der Waals surface area contributed by atoms with Gasteiger partial charge in [0.25, 0.3) is 5.91 Å². The van der Waals surface area contributed by atoms with Crippen molar-refractivity contribution in [3.8, 4) is 10.7 Å². The van der Waals surface area contributed by atoms with Crippen molar-refractivity contribution in [3.05, 3.63) is 41.7 Å². The maximum absolute atomic E-state index is 15.0. The summed E-state index contributed by atoms with van der Waals surface area (Å²) in [6.07, 6.45) is -3.65. The number of nitrogens with zero attached hydrogens (tertiary/aromatic N) is 6. The molecule has 248 valence electrons. The van der Waals surface area contributed by atoms with Gasteiger partial charge in [-0.05, 0) is 53.2 Å². The summed E-state index contributed by atoms with van der Waals surface area (Å²) in [4.78, 5) is 35.0. The zero-order chi connectivity index (χ0) is 33.6. The highest BCUT2D eigenvalue weighted by molar-refractivity contribution is 7.23. The highest BCUT2D eigenvalue weighted by Crippen LogP contribution is 2.43. The number of carbonyl (C=O) groups excluding carboxylic acids is 2. The average Bonchev–Trinajstić information content (AvgIpc) is 3.72. The Morgan fingerprint density at radius 1 is 1.15 bits per heavy atom. The molecule has 1 saturated heterocycles. The van der Waals surface area contributed by atoms with E-state index in [1.165, 1.54) is 23.4 Å². The van der Waals surface area contributed by atoms with E-state index in [9.17, 15) is 22.8 Å². The van der Waals surface area contributed by atoms with E-state index < -0.39 is 42.4 Å². The van der Waals surface area contributed by atoms with Gasteiger partial charge in [0.2, 0.25) is 11.7 Å². The number of pyridine rings is 1. The summed E-state index contributed by atoms with van der Waals surface area (Å²) in [6, 6.07) is 0.563. The van der Waals surface area contributed by atoms with Crippen LogP contribution in [0.2, 0.25) is 0 Å². The first-order valence-corrected chi connectivity index (χ1v) is 15.2. The van der Waals surface area contributed by atoms with Crippen molar-refractivity contribution in [2.45, 2.75) is 84.0 Å². The summed E-state index contributed by atoms with van der Waals surface area (Å²) < 4.78 is 68.9. The first-order chi connectivity index (χ1) is 21.4. The quantitative estimate of drug-likeness (QED) is 0.238. The molecule has 46 heavy (non-hydrogen) atoms. The molecule has 4 aromatic heterocycles. The van der Waals surface area contributed by atoms with Crippen molar-refractivity contribution >= 4 is 39.2 Å². The third kappa shape index (κ3) is 7.57. The van der Waals surface area contributed by atoms with Crippen LogP contribution in [0.1, 0.15) is 63.4 Å². The first kappa shape index (κ1) is 33.1. The van der Waals surface area contributed by atoms with Crippen LogP contribution < -0.4 is 10.6 Å². The molecule has 0 unspecified atom stereocenters. The van der Waals surface area contributed by atoms with Crippen LogP contribution in [-0.4, -0.2) is 78.9 Å². The SMILES string of the molecule is CC(C)(C)OC(=O)N1C[C@H](F)[C@H](Nc2nccc3c(CC(F)(F)F)c(-c4noc(CNC(=O)c5cnn(C(C)(C)C)c5)n4)sc23)C1. The van der Waals surface area contributed by atoms with Gasteiger partial charge < -0.3 is 24.8 Å². The summed E-state index contributed by atoms with van der Waals surface area (Å²) in [5.74, 6) is -0.411. The number of hydrogen-bond donors (Lipinski definition) is 2. The minimum atomic E-state index is -4.57. The third-order valence-corrected chi connectivity index (χ3v) is 8.16. The number of aromatic nitrogens is 5. The number of ether oxygens (including phenoxy) is 1. The van der Waals surface area contributed by atoms with Gasteiger partial charge in [-0.3, -0.25) is 9.48 Å². The number of amides is 2. The van der Waals surface area contributed by atoms with E-state index in [-0.39, 0.29) is 58.5 Å². The maximum atomic E-state index is 15.0. The van der Waals surface area contributed by atoms with Gasteiger partial charge in [0.15, 0.2) is 0 Å². The van der Waals surface area contributed by atoms with E-state index in [0.29, 0.717) is 10.3 Å². The summed E-state index contributed by atoms with van der Waals surface area (Å²) >= 11 is 0.947. The number of halogens is 4. The minimum Gasteiger partial charge on any atom is -0.444 e. The number of hydrogen-bond acceptors (Lipinski definition) is 10. The molecule has 2 atom stereocenters. The molecule has 0 radical (unpaired) electrons. The van der Waals surface area contributed by atoms with Crippen molar-refractivity contribution in [1.82, 2.24) is 35.1 Å². The van der Waals surface area contributed by atoms with Gasteiger partial charge in [0.1, 0.15) is 17.6 Å². The molecular weight excluding hydrogens is 632 g/mol. The van der Waals surface area contributed by atoms with E-state index in [0.717, 1.165) is 11.3 Å². The second-order valence-electron chi connectivity index (χ2n) is 12.9. The van der Waals surface area contributed by atoms with E-state index >= 15 is 4.39 Å². The normalized spacial score (nSPS) is 17.5. The van der Waals surface area contributed by atoms with Crippen LogP contribution in [0, 0.1) is 0 Å².